The van der Waals surface area contributed by atoms with Crippen LogP contribution in [-0.4, -0.2) is 25.3 Å². The van der Waals surface area contributed by atoms with Gasteiger partial charge in [0.1, 0.15) is 0 Å². The molecule has 0 aromatic heterocycles. The predicted molar refractivity (Wildman–Crippen MR) is 83.0 cm³/mol. The van der Waals surface area contributed by atoms with Crippen molar-refractivity contribution in [1.82, 2.24) is 5.32 Å². The van der Waals surface area contributed by atoms with Gasteiger partial charge in [-0.1, -0.05) is 62.9 Å². The molecule has 1 saturated heterocycles. The lowest BCUT2D eigenvalue weighted by molar-refractivity contribution is -0.0567. The second-order valence-electron chi connectivity index (χ2n) is 6.54. The molecule has 3 rings (SSSR count). The first-order chi connectivity index (χ1) is 9.83. The molecule has 110 valence electrons. The second kappa shape index (κ2) is 6.73. The maximum Gasteiger partial charge on any atom is 0.0769 e. The minimum absolute atomic E-state index is 0.317. The van der Waals surface area contributed by atoms with Crippen molar-refractivity contribution >= 4 is 0 Å². The van der Waals surface area contributed by atoms with Gasteiger partial charge in [-0.15, -0.1) is 0 Å². The summed E-state index contributed by atoms with van der Waals surface area (Å²) < 4.78 is 6.40. The van der Waals surface area contributed by atoms with Gasteiger partial charge in [-0.05, 0) is 17.9 Å². The fraction of sp³-hybridized carbons (Fsp3) is 0.667. The van der Waals surface area contributed by atoms with Crippen LogP contribution in [-0.2, 0) is 4.74 Å². The zero-order valence-corrected chi connectivity index (χ0v) is 12.6. The van der Waals surface area contributed by atoms with Gasteiger partial charge >= 0.3 is 0 Å². The first-order valence-corrected chi connectivity index (χ1v) is 8.24. The fourth-order valence-corrected chi connectivity index (χ4v) is 3.75. The molecule has 3 atom stereocenters. The molecule has 3 unspecified atom stereocenters. The highest BCUT2D eigenvalue weighted by molar-refractivity contribution is 5.20. The lowest BCUT2D eigenvalue weighted by Crippen LogP contribution is -2.47. The van der Waals surface area contributed by atoms with Crippen LogP contribution in [0.15, 0.2) is 30.3 Å². The van der Waals surface area contributed by atoms with E-state index in [1.165, 1.54) is 37.7 Å². The summed E-state index contributed by atoms with van der Waals surface area (Å²) >= 11 is 0. The Hall–Kier alpha value is -0.860. The third-order valence-electron chi connectivity index (χ3n) is 5.04. The fourth-order valence-electron chi connectivity index (χ4n) is 3.75. The Balaban J connectivity index is 1.57. The number of rotatable bonds is 4. The Morgan fingerprint density at radius 2 is 1.90 bits per heavy atom. The maximum absolute atomic E-state index is 6.40. The quantitative estimate of drug-likeness (QED) is 0.902. The summed E-state index contributed by atoms with van der Waals surface area (Å²) in [5.74, 6) is 1.38. The van der Waals surface area contributed by atoms with Gasteiger partial charge in [0.25, 0.3) is 0 Å². The second-order valence-corrected chi connectivity index (χ2v) is 6.54. The van der Waals surface area contributed by atoms with Crippen LogP contribution in [0.4, 0.5) is 0 Å². The van der Waals surface area contributed by atoms with E-state index in [9.17, 15) is 0 Å². The first kappa shape index (κ1) is 14.1. The molecular formula is C18H27NO. The van der Waals surface area contributed by atoms with Crippen molar-refractivity contribution in [2.24, 2.45) is 5.92 Å². The van der Waals surface area contributed by atoms with Crippen LogP contribution in [0.1, 0.15) is 50.5 Å². The molecule has 1 aliphatic heterocycles. The van der Waals surface area contributed by atoms with E-state index in [0.29, 0.717) is 18.1 Å². The van der Waals surface area contributed by atoms with Crippen molar-refractivity contribution in [1.29, 1.82) is 0 Å². The Morgan fingerprint density at radius 3 is 2.65 bits per heavy atom. The number of morpholine rings is 1. The summed E-state index contributed by atoms with van der Waals surface area (Å²) in [6.45, 7) is 4.31. The zero-order chi connectivity index (χ0) is 13.8. The molecule has 2 nitrogen and oxygen atoms in total. The van der Waals surface area contributed by atoms with Crippen LogP contribution in [0.25, 0.3) is 0 Å². The highest BCUT2D eigenvalue weighted by atomic mass is 16.5. The van der Waals surface area contributed by atoms with E-state index in [-0.39, 0.29) is 0 Å². The number of hydrogen-bond acceptors (Lipinski definition) is 2. The molecule has 1 aliphatic carbocycles. The predicted octanol–water partition coefficient (Wildman–Crippen LogP) is 3.73. The summed E-state index contributed by atoms with van der Waals surface area (Å²) in [5, 5.41) is 3.58. The van der Waals surface area contributed by atoms with Crippen LogP contribution in [0, 0.1) is 5.92 Å². The lowest BCUT2D eigenvalue weighted by Gasteiger charge is -2.35. The standard InChI is InChI=1S/C18H27NO/c1-14(16-9-3-2-4-10-16)18-13-19-12-17(20-18)11-15-7-5-6-8-15/h2-4,9-10,14-15,17-19H,5-8,11-13H2,1H3. The SMILES string of the molecule is CC(c1ccccc1)C1CNCC(CC2CCCC2)O1. The van der Waals surface area contributed by atoms with E-state index in [4.69, 9.17) is 4.74 Å². The molecule has 2 heteroatoms. The minimum Gasteiger partial charge on any atom is -0.372 e. The number of ether oxygens (including phenoxy) is 1. The van der Waals surface area contributed by atoms with Gasteiger partial charge in [-0.3, -0.25) is 0 Å². The molecule has 0 bridgehead atoms. The highest BCUT2D eigenvalue weighted by Crippen LogP contribution is 2.31. The van der Waals surface area contributed by atoms with E-state index in [2.05, 4.69) is 42.6 Å². The molecule has 1 saturated carbocycles. The summed E-state index contributed by atoms with van der Waals surface area (Å²) in [5.41, 5.74) is 1.39. The molecular weight excluding hydrogens is 246 g/mol. The van der Waals surface area contributed by atoms with Crippen molar-refractivity contribution in [2.75, 3.05) is 13.1 Å². The Kier molecular flexibility index (Phi) is 4.74. The van der Waals surface area contributed by atoms with Gasteiger partial charge in [0.2, 0.25) is 0 Å². The van der Waals surface area contributed by atoms with Gasteiger partial charge in [0, 0.05) is 19.0 Å². The molecule has 2 fully saturated rings. The summed E-state index contributed by atoms with van der Waals surface area (Å²) in [4.78, 5) is 0. The van der Waals surface area contributed by atoms with Crippen LogP contribution in [0.2, 0.25) is 0 Å². The van der Waals surface area contributed by atoms with Crippen molar-refractivity contribution in [2.45, 2.75) is 57.2 Å². The number of hydrogen-bond donors (Lipinski definition) is 1. The molecule has 20 heavy (non-hydrogen) atoms. The maximum atomic E-state index is 6.40. The Bertz CT molecular complexity index is 399. The van der Waals surface area contributed by atoms with Gasteiger partial charge < -0.3 is 10.1 Å². The Morgan fingerprint density at radius 1 is 1.15 bits per heavy atom. The van der Waals surface area contributed by atoms with Crippen molar-refractivity contribution in [3.05, 3.63) is 35.9 Å². The molecule has 2 aliphatic rings. The van der Waals surface area contributed by atoms with Crippen molar-refractivity contribution in [3.8, 4) is 0 Å². The smallest absolute Gasteiger partial charge is 0.0769 e. The monoisotopic (exact) mass is 273 g/mol. The van der Waals surface area contributed by atoms with E-state index < -0.39 is 0 Å². The summed E-state index contributed by atoms with van der Waals surface area (Å²) in [6, 6.07) is 10.8. The van der Waals surface area contributed by atoms with Crippen molar-refractivity contribution in [3.63, 3.8) is 0 Å². The summed E-state index contributed by atoms with van der Waals surface area (Å²) in [7, 11) is 0. The topological polar surface area (TPSA) is 21.3 Å². The lowest BCUT2D eigenvalue weighted by atomic mass is 9.93. The summed E-state index contributed by atoms with van der Waals surface area (Å²) in [6.07, 6.45) is 7.67. The Labute approximate surface area is 122 Å². The van der Waals surface area contributed by atoms with Crippen LogP contribution < -0.4 is 5.32 Å². The van der Waals surface area contributed by atoms with Gasteiger partial charge in [-0.2, -0.15) is 0 Å². The minimum atomic E-state index is 0.317. The van der Waals surface area contributed by atoms with Crippen LogP contribution >= 0.6 is 0 Å². The molecule has 0 radical (unpaired) electrons. The molecule has 1 aromatic rings. The zero-order valence-electron chi connectivity index (χ0n) is 12.6. The third kappa shape index (κ3) is 3.42. The van der Waals surface area contributed by atoms with Gasteiger partial charge in [0.05, 0.1) is 12.2 Å². The number of nitrogens with one attached hydrogen (secondary N) is 1. The molecule has 0 spiro atoms. The molecule has 0 amide bonds. The van der Waals surface area contributed by atoms with Gasteiger partial charge in [-0.25, -0.2) is 0 Å². The van der Waals surface area contributed by atoms with E-state index in [0.717, 1.165) is 19.0 Å². The van der Waals surface area contributed by atoms with E-state index in [1.54, 1.807) is 0 Å². The molecule has 1 N–H and O–H groups in total. The average molecular weight is 273 g/mol. The highest BCUT2D eigenvalue weighted by Gasteiger charge is 2.29. The average Bonchev–Trinajstić information content (AvgIpc) is 3.01. The largest absolute Gasteiger partial charge is 0.372 e. The van der Waals surface area contributed by atoms with E-state index in [1.807, 2.05) is 0 Å². The molecule has 1 aromatic carbocycles. The van der Waals surface area contributed by atoms with E-state index >= 15 is 0 Å². The van der Waals surface area contributed by atoms with Crippen LogP contribution in [0.5, 0.6) is 0 Å². The van der Waals surface area contributed by atoms with Gasteiger partial charge in [0.15, 0.2) is 0 Å². The third-order valence-corrected chi connectivity index (χ3v) is 5.04. The van der Waals surface area contributed by atoms with Crippen molar-refractivity contribution < 1.29 is 4.74 Å². The normalized spacial score (nSPS) is 29.4. The van der Waals surface area contributed by atoms with Crippen LogP contribution in [0.3, 0.4) is 0 Å². The number of benzene rings is 1. The first-order valence-electron chi connectivity index (χ1n) is 8.24. The molecule has 1 heterocycles.